The summed E-state index contributed by atoms with van der Waals surface area (Å²) in [5, 5.41) is 3.64. The highest BCUT2D eigenvalue weighted by Gasteiger charge is 2.22. The minimum absolute atomic E-state index is 0.520. The molecule has 1 aliphatic rings. The first-order valence-electron chi connectivity index (χ1n) is 7.18. The van der Waals surface area contributed by atoms with Crippen molar-refractivity contribution in [3.05, 3.63) is 63.0 Å². The van der Waals surface area contributed by atoms with Gasteiger partial charge in [-0.25, -0.2) is 0 Å². The first-order chi connectivity index (χ1) is 10.2. The number of anilines is 1. The summed E-state index contributed by atoms with van der Waals surface area (Å²) < 4.78 is 2.20. The van der Waals surface area contributed by atoms with Crippen LogP contribution in [0.25, 0.3) is 0 Å². The maximum atomic E-state index is 3.64. The maximum Gasteiger partial charge on any atom is 0.0488 e. The highest BCUT2D eigenvalue weighted by Crippen LogP contribution is 2.28. The van der Waals surface area contributed by atoms with E-state index in [2.05, 4.69) is 90.6 Å². The van der Waals surface area contributed by atoms with Gasteiger partial charge in [-0.3, -0.25) is 4.90 Å². The van der Waals surface area contributed by atoms with Crippen molar-refractivity contribution in [3.63, 3.8) is 0 Å². The second-order valence-corrected chi connectivity index (χ2v) is 7.24. The van der Waals surface area contributed by atoms with Crippen LogP contribution in [0.1, 0.15) is 12.0 Å². The Balaban J connectivity index is 1.57. The molecule has 1 aliphatic heterocycles. The van der Waals surface area contributed by atoms with Crippen LogP contribution in [0.3, 0.4) is 0 Å². The molecule has 2 aromatic rings. The first kappa shape index (κ1) is 15.1. The predicted molar refractivity (Wildman–Crippen MR) is 95.6 cm³/mol. The lowest BCUT2D eigenvalue weighted by atomic mass is 10.2. The molecule has 0 amide bonds. The Kier molecular flexibility index (Phi) is 4.99. The number of halogens is 2. The molecular weight excluding hydrogens is 392 g/mol. The Morgan fingerprint density at radius 2 is 1.90 bits per heavy atom. The van der Waals surface area contributed by atoms with Crippen molar-refractivity contribution < 1.29 is 0 Å². The van der Waals surface area contributed by atoms with E-state index < -0.39 is 0 Å². The molecule has 0 radical (unpaired) electrons. The average Bonchev–Trinajstić information content (AvgIpc) is 2.90. The largest absolute Gasteiger partial charge is 0.380 e. The van der Waals surface area contributed by atoms with E-state index in [1.54, 1.807) is 0 Å². The predicted octanol–water partition coefficient (Wildman–Crippen LogP) is 4.90. The van der Waals surface area contributed by atoms with Crippen LogP contribution in [0.5, 0.6) is 0 Å². The zero-order valence-electron chi connectivity index (χ0n) is 11.7. The maximum absolute atomic E-state index is 3.64. The Bertz CT molecular complexity index is 601. The van der Waals surface area contributed by atoms with Crippen LogP contribution < -0.4 is 5.32 Å². The van der Waals surface area contributed by atoms with E-state index in [9.17, 15) is 0 Å². The summed E-state index contributed by atoms with van der Waals surface area (Å²) in [6.07, 6.45) is 1.19. The third-order valence-electron chi connectivity index (χ3n) is 3.81. The summed E-state index contributed by atoms with van der Waals surface area (Å²) in [4.78, 5) is 2.51. The van der Waals surface area contributed by atoms with E-state index in [-0.39, 0.29) is 0 Å². The van der Waals surface area contributed by atoms with Crippen molar-refractivity contribution in [2.45, 2.75) is 19.0 Å². The summed E-state index contributed by atoms with van der Waals surface area (Å²) >= 11 is 7.11. The summed E-state index contributed by atoms with van der Waals surface area (Å²) in [5.41, 5.74) is 2.56. The monoisotopic (exact) mass is 408 g/mol. The minimum atomic E-state index is 0.520. The molecule has 3 rings (SSSR count). The van der Waals surface area contributed by atoms with Gasteiger partial charge < -0.3 is 5.32 Å². The molecule has 4 heteroatoms. The van der Waals surface area contributed by atoms with Crippen LogP contribution in [0, 0.1) is 0 Å². The second-order valence-electron chi connectivity index (χ2n) is 5.47. The molecule has 0 aliphatic carbocycles. The highest BCUT2D eigenvalue weighted by atomic mass is 79.9. The lowest BCUT2D eigenvalue weighted by Crippen LogP contribution is -2.26. The average molecular weight is 410 g/mol. The van der Waals surface area contributed by atoms with Crippen LogP contribution in [0.4, 0.5) is 5.69 Å². The van der Waals surface area contributed by atoms with Gasteiger partial charge in [-0.05, 0) is 46.1 Å². The molecule has 1 saturated heterocycles. The van der Waals surface area contributed by atoms with Crippen molar-refractivity contribution >= 4 is 37.5 Å². The Hall–Kier alpha value is -0.840. The zero-order valence-corrected chi connectivity index (χ0v) is 14.9. The zero-order chi connectivity index (χ0) is 14.7. The summed E-state index contributed by atoms with van der Waals surface area (Å²) in [6.45, 7) is 3.29. The van der Waals surface area contributed by atoms with E-state index in [0.29, 0.717) is 6.04 Å². The molecule has 0 saturated carbocycles. The highest BCUT2D eigenvalue weighted by molar-refractivity contribution is 9.11. The van der Waals surface area contributed by atoms with E-state index in [0.717, 1.165) is 28.6 Å². The van der Waals surface area contributed by atoms with Gasteiger partial charge in [0.2, 0.25) is 0 Å². The van der Waals surface area contributed by atoms with Gasteiger partial charge >= 0.3 is 0 Å². The third kappa shape index (κ3) is 4.09. The SMILES string of the molecule is Brc1ccc(NC2CCN(Cc3ccccc3)C2)c(Br)c1. The van der Waals surface area contributed by atoms with Gasteiger partial charge in [0.25, 0.3) is 0 Å². The van der Waals surface area contributed by atoms with Crippen molar-refractivity contribution in [2.24, 2.45) is 0 Å². The number of likely N-dealkylation sites (tertiary alicyclic amines) is 1. The van der Waals surface area contributed by atoms with Gasteiger partial charge in [0.15, 0.2) is 0 Å². The summed E-state index contributed by atoms with van der Waals surface area (Å²) in [6, 6.07) is 17.5. The van der Waals surface area contributed by atoms with Crippen molar-refractivity contribution in [3.8, 4) is 0 Å². The quantitative estimate of drug-likeness (QED) is 0.772. The number of nitrogens with one attached hydrogen (secondary N) is 1. The smallest absolute Gasteiger partial charge is 0.0488 e. The van der Waals surface area contributed by atoms with Gasteiger partial charge in [0.05, 0.1) is 0 Å². The van der Waals surface area contributed by atoms with Crippen LogP contribution in [-0.2, 0) is 6.54 Å². The first-order valence-corrected chi connectivity index (χ1v) is 8.77. The topological polar surface area (TPSA) is 15.3 Å². The van der Waals surface area contributed by atoms with Crippen molar-refractivity contribution in [1.29, 1.82) is 0 Å². The molecule has 0 bridgehead atoms. The van der Waals surface area contributed by atoms with Crippen molar-refractivity contribution in [1.82, 2.24) is 4.90 Å². The molecule has 2 aromatic carbocycles. The fourth-order valence-electron chi connectivity index (χ4n) is 2.76. The fourth-order valence-corrected chi connectivity index (χ4v) is 3.92. The minimum Gasteiger partial charge on any atom is -0.380 e. The number of rotatable bonds is 4. The molecule has 1 atom stereocenters. The van der Waals surface area contributed by atoms with Gasteiger partial charge in [-0.15, -0.1) is 0 Å². The van der Waals surface area contributed by atoms with E-state index >= 15 is 0 Å². The van der Waals surface area contributed by atoms with Gasteiger partial charge in [0, 0.05) is 40.3 Å². The lowest BCUT2D eigenvalue weighted by Gasteiger charge is -2.18. The standard InChI is InChI=1S/C17H18Br2N2/c18-14-6-7-17(16(19)10-14)20-15-8-9-21(12-15)11-13-4-2-1-3-5-13/h1-7,10,15,20H,8-9,11-12H2. The molecule has 1 heterocycles. The lowest BCUT2D eigenvalue weighted by molar-refractivity contribution is 0.328. The molecule has 0 spiro atoms. The molecule has 1 fully saturated rings. The number of hydrogen-bond donors (Lipinski definition) is 1. The molecule has 1 N–H and O–H groups in total. The van der Waals surface area contributed by atoms with E-state index in [1.165, 1.54) is 17.7 Å². The van der Waals surface area contributed by atoms with E-state index in [4.69, 9.17) is 0 Å². The molecule has 21 heavy (non-hydrogen) atoms. The Morgan fingerprint density at radius 1 is 1.10 bits per heavy atom. The molecule has 110 valence electrons. The van der Waals surface area contributed by atoms with Gasteiger partial charge in [-0.1, -0.05) is 46.3 Å². The number of benzene rings is 2. The van der Waals surface area contributed by atoms with Crippen LogP contribution in [-0.4, -0.2) is 24.0 Å². The summed E-state index contributed by atoms with van der Waals surface area (Å²) in [5.74, 6) is 0. The van der Waals surface area contributed by atoms with Gasteiger partial charge in [0.1, 0.15) is 0 Å². The second kappa shape index (κ2) is 6.95. The Labute approximate surface area is 142 Å². The van der Waals surface area contributed by atoms with Gasteiger partial charge in [-0.2, -0.15) is 0 Å². The van der Waals surface area contributed by atoms with E-state index in [1.807, 2.05) is 0 Å². The molecular formula is C17H18Br2N2. The molecule has 0 aromatic heterocycles. The molecule has 1 unspecified atom stereocenters. The van der Waals surface area contributed by atoms with Crippen LogP contribution in [0.2, 0.25) is 0 Å². The molecule has 2 nitrogen and oxygen atoms in total. The van der Waals surface area contributed by atoms with Crippen molar-refractivity contribution in [2.75, 3.05) is 18.4 Å². The van der Waals surface area contributed by atoms with Crippen LogP contribution >= 0.6 is 31.9 Å². The fraction of sp³-hybridized carbons (Fsp3) is 0.294. The normalized spacial score (nSPS) is 18.9. The summed E-state index contributed by atoms with van der Waals surface area (Å²) in [7, 11) is 0. The van der Waals surface area contributed by atoms with Crippen LogP contribution in [0.15, 0.2) is 57.5 Å². The number of hydrogen-bond acceptors (Lipinski definition) is 2. The number of nitrogens with zero attached hydrogens (tertiary/aromatic N) is 1. The Morgan fingerprint density at radius 3 is 2.67 bits per heavy atom. The third-order valence-corrected chi connectivity index (χ3v) is 4.96.